The first-order chi connectivity index (χ1) is 9.97. The van der Waals surface area contributed by atoms with E-state index in [2.05, 4.69) is 5.32 Å². The van der Waals surface area contributed by atoms with Crippen LogP contribution in [0.25, 0.3) is 0 Å². The number of carboxylic acid groups (broad SMARTS) is 1. The number of nitrogens with zero attached hydrogens (tertiary/aromatic N) is 1. The summed E-state index contributed by atoms with van der Waals surface area (Å²) < 4.78 is 5.55. The quantitative estimate of drug-likeness (QED) is 0.833. The highest BCUT2D eigenvalue weighted by atomic mass is 16.5. The molecule has 1 heterocycles. The maximum atomic E-state index is 12.4. The van der Waals surface area contributed by atoms with Gasteiger partial charge in [0.05, 0.1) is 12.7 Å². The molecule has 6 nitrogen and oxygen atoms in total. The van der Waals surface area contributed by atoms with Crippen LogP contribution in [0.4, 0.5) is 4.79 Å². The predicted molar refractivity (Wildman–Crippen MR) is 78.1 cm³/mol. The average Bonchev–Trinajstić information content (AvgIpc) is 2.47. The standard InChI is InChI=1S/C15H26N2O4/c1-3-12-10-17(7-8-21-12)14(20)16-15(13(18)19)6-4-5-11(2)9-15/h11-12H,3-10H2,1-2H3,(H,16,20)(H,18,19). The number of amides is 2. The number of carbonyl (C=O) groups excluding carboxylic acids is 1. The maximum absolute atomic E-state index is 12.4. The molecule has 1 saturated heterocycles. The van der Waals surface area contributed by atoms with Crippen LogP contribution in [0.3, 0.4) is 0 Å². The van der Waals surface area contributed by atoms with E-state index in [-0.39, 0.29) is 12.1 Å². The van der Waals surface area contributed by atoms with Crippen LogP contribution in [0.2, 0.25) is 0 Å². The number of aliphatic carboxylic acids is 1. The van der Waals surface area contributed by atoms with Crippen LogP contribution in [0.15, 0.2) is 0 Å². The fourth-order valence-electron chi connectivity index (χ4n) is 3.35. The molecule has 2 fully saturated rings. The van der Waals surface area contributed by atoms with Crippen LogP contribution >= 0.6 is 0 Å². The van der Waals surface area contributed by atoms with Gasteiger partial charge in [0.15, 0.2) is 0 Å². The lowest BCUT2D eigenvalue weighted by atomic mass is 9.76. The van der Waals surface area contributed by atoms with Crippen molar-refractivity contribution in [2.75, 3.05) is 19.7 Å². The SMILES string of the molecule is CCC1CN(C(=O)NC2(C(=O)O)CCCC(C)C2)CCO1. The number of urea groups is 1. The van der Waals surface area contributed by atoms with E-state index < -0.39 is 11.5 Å². The Hall–Kier alpha value is -1.30. The van der Waals surface area contributed by atoms with Crippen molar-refractivity contribution < 1.29 is 19.4 Å². The molecule has 0 radical (unpaired) electrons. The van der Waals surface area contributed by atoms with Gasteiger partial charge in [-0.25, -0.2) is 9.59 Å². The molecule has 0 spiro atoms. The molecule has 120 valence electrons. The van der Waals surface area contributed by atoms with Crippen molar-refractivity contribution in [3.63, 3.8) is 0 Å². The van der Waals surface area contributed by atoms with Crippen molar-refractivity contribution in [2.24, 2.45) is 5.92 Å². The number of nitrogens with one attached hydrogen (secondary N) is 1. The highest BCUT2D eigenvalue weighted by molar-refractivity contribution is 5.86. The first-order valence-corrected chi connectivity index (χ1v) is 7.89. The molecule has 21 heavy (non-hydrogen) atoms. The minimum atomic E-state index is -1.10. The van der Waals surface area contributed by atoms with E-state index in [9.17, 15) is 14.7 Å². The third-order valence-electron chi connectivity index (χ3n) is 4.63. The number of rotatable bonds is 3. The predicted octanol–water partition coefficient (Wildman–Crippen LogP) is 1.84. The summed E-state index contributed by atoms with van der Waals surface area (Å²) >= 11 is 0. The van der Waals surface area contributed by atoms with E-state index in [1.807, 2.05) is 13.8 Å². The first-order valence-electron chi connectivity index (χ1n) is 7.89. The molecule has 1 aliphatic heterocycles. The molecule has 0 aromatic heterocycles. The highest BCUT2D eigenvalue weighted by Crippen LogP contribution is 2.32. The van der Waals surface area contributed by atoms with Gasteiger partial charge >= 0.3 is 12.0 Å². The minimum absolute atomic E-state index is 0.0514. The normalized spacial score (nSPS) is 33.5. The fourth-order valence-corrected chi connectivity index (χ4v) is 3.35. The molecule has 1 aliphatic carbocycles. The van der Waals surface area contributed by atoms with Crippen LogP contribution in [0, 0.1) is 5.92 Å². The van der Waals surface area contributed by atoms with E-state index in [1.54, 1.807) is 4.90 Å². The monoisotopic (exact) mass is 298 g/mol. The van der Waals surface area contributed by atoms with Gasteiger partial charge in [-0.2, -0.15) is 0 Å². The van der Waals surface area contributed by atoms with Crippen molar-refractivity contribution in [3.05, 3.63) is 0 Å². The first kappa shape index (κ1) is 16.1. The smallest absolute Gasteiger partial charge is 0.329 e. The van der Waals surface area contributed by atoms with Gasteiger partial charge in [-0.15, -0.1) is 0 Å². The Balaban J connectivity index is 2.03. The fraction of sp³-hybridized carbons (Fsp3) is 0.867. The number of morpholine rings is 1. The van der Waals surface area contributed by atoms with Crippen molar-refractivity contribution in [3.8, 4) is 0 Å². The van der Waals surface area contributed by atoms with Crippen molar-refractivity contribution >= 4 is 12.0 Å². The summed E-state index contributed by atoms with van der Waals surface area (Å²) in [5, 5.41) is 12.4. The molecule has 6 heteroatoms. The van der Waals surface area contributed by atoms with Gasteiger partial charge in [-0.05, 0) is 25.2 Å². The highest BCUT2D eigenvalue weighted by Gasteiger charge is 2.44. The number of hydrogen-bond donors (Lipinski definition) is 2. The van der Waals surface area contributed by atoms with Gasteiger partial charge < -0.3 is 20.1 Å². The zero-order valence-corrected chi connectivity index (χ0v) is 12.9. The number of carboxylic acids is 1. The number of hydrogen-bond acceptors (Lipinski definition) is 3. The van der Waals surface area contributed by atoms with Crippen LogP contribution < -0.4 is 5.32 Å². The van der Waals surface area contributed by atoms with Crippen LogP contribution in [0.5, 0.6) is 0 Å². The molecular formula is C15H26N2O4. The van der Waals surface area contributed by atoms with Crippen molar-refractivity contribution in [2.45, 2.75) is 57.6 Å². The Kier molecular flexibility index (Phi) is 5.08. The third kappa shape index (κ3) is 3.67. The third-order valence-corrected chi connectivity index (χ3v) is 4.63. The molecule has 2 rings (SSSR count). The van der Waals surface area contributed by atoms with Crippen LogP contribution in [-0.2, 0) is 9.53 Å². The number of ether oxygens (including phenoxy) is 1. The minimum Gasteiger partial charge on any atom is -0.480 e. The molecule has 1 saturated carbocycles. The second kappa shape index (κ2) is 6.64. The molecule has 3 atom stereocenters. The largest absolute Gasteiger partial charge is 0.480 e. The molecular weight excluding hydrogens is 272 g/mol. The Morgan fingerprint density at radius 3 is 2.86 bits per heavy atom. The molecule has 3 unspecified atom stereocenters. The maximum Gasteiger partial charge on any atom is 0.329 e. The van der Waals surface area contributed by atoms with Gasteiger partial charge in [0.1, 0.15) is 5.54 Å². The molecule has 0 bridgehead atoms. The van der Waals surface area contributed by atoms with Gasteiger partial charge in [0, 0.05) is 13.1 Å². The molecule has 2 aliphatic rings. The molecule has 0 aromatic carbocycles. The summed E-state index contributed by atoms with van der Waals surface area (Å²) in [6.07, 6.45) is 3.80. The van der Waals surface area contributed by atoms with E-state index in [0.717, 1.165) is 19.3 Å². The Bertz CT molecular complexity index is 401. The van der Waals surface area contributed by atoms with E-state index in [0.29, 0.717) is 38.5 Å². The summed E-state index contributed by atoms with van der Waals surface area (Å²) in [6.45, 7) is 5.64. The van der Waals surface area contributed by atoms with E-state index in [1.165, 1.54) is 0 Å². The zero-order valence-electron chi connectivity index (χ0n) is 12.9. The van der Waals surface area contributed by atoms with Gasteiger partial charge in [0.2, 0.25) is 0 Å². The number of carbonyl (C=O) groups is 2. The average molecular weight is 298 g/mol. The van der Waals surface area contributed by atoms with Crippen molar-refractivity contribution in [1.82, 2.24) is 10.2 Å². The second-order valence-corrected chi connectivity index (χ2v) is 6.37. The summed E-state index contributed by atoms with van der Waals surface area (Å²) in [6, 6.07) is -0.270. The Labute approximate surface area is 125 Å². The summed E-state index contributed by atoms with van der Waals surface area (Å²) in [4.78, 5) is 25.8. The van der Waals surface area contributed by atoms with E-state index in [4.69, 9.17) is 4.74 Å². The Morgan fingerprint density at radius 1 is 1.48 bits per heavy atom. The summed E-state index contributed by atoms with van der Waals surface area (Å²) in [5.41, 5.74) is -1.10. The van der Waals surface area contributed by atoms with Crippen LogP contribution in [0.1, 0.15) is 46.0 Å². The van der Waals surface area contributed by atoms with Crippen LogP contribution in [-0.4, -0.2) is 53.3 Å². The zero-order chi connectivity index (χ0) is 15.5. The second-order valence-electron chi connectivity index (χ2n) is 6.37. The lowest BCUT2D eigenvalue weighted by molar-refractivity contribution is -0.146. The van der Waals surface area contributed by atoms with Crippen molar-refractivity contribution in [1.29, 1.82) is 0 Å². The summed E-state index contributed by atoms with van der Waals surface area (Å²) in [7, 11) is 0. The van der Waals surface area contributed by atoms with Gasteiger partial charge in [-0.1, -0.05) is 26.7 Å². The lowest BCUT2D eigenvalue weighted by Crippen LogP contribution is -2.61. The van der Waals surface area contributed by atoms with E-state index >= 15 is 0 Å². The topological polar surface area (TPSA) is 78.9 Å². The lowest BCUT2D eigenvalue weighted by Gasteiger charge is -2.40. The molecule has 2 N–H and O–H groups in total. The Morgan fingerprint density at radius 2 is 2.24 bits per heavy atom. The molecule has 2 amide bonds. The molecule has 0 aromatic rings. The van der Waals surface area contributed by atoms with Gasteiger partial charge in [0.25, 0.3) is 0 Å². The summed E-state index contributed by atoms with van der Waals surface area (Å²) in [5.74, 6) is -0.592. The van der Waals surface area contributed by atoms with Gasteiger partial charge in [-0.3, -0.25) is 0 Å².